The van der Waals surface area contributed by atoms with Gasteiger partial charge in [0.05, 0.1) is 38.7 Å². The number of aromatic nitrogens is 3. The minimum absolute atomic E-state index is 0.0598. The number of hydrogen-bond donors (Lipinski definition) is 2. The largest absolute Gasteiger partial charge is 0.497 e. The predicted octanol–water partition coefficient (Wildman–Crippen LogP) is 5.71. The molecule has 4 aromatic rings. The van der Waals surface area contributed by atoms with E-state index in [2.05, 4.69) is 20.8 Å². The summed E-state index contributed by atoms with van der Waals surface area (Å²) in [4.78, 5) is 40.4. The molecule has 2 aromatic carbocycles. The monoisotopic (exact) mass is 677 g/mol. The van der Waals surface area contributed by atoms with Gasteiger partial charge in [0, 0.05) is 23.1 Å². The Morgan fingerprint density at radius 2 is 1.72 bits per heavy atom. The molecule has 13 heteroatoms. The number of fused-ring (bicyclic) bond motifs is 1. The van der Waals surface area contributed by atoms with E-state index in [4.69, 9.17) is 14.2 Å². The van der Waals surface area contributed by atoms with Gasteiger partial charge in [0.25, 0.3) is 5.91 Å². The summed E-state index contributed by atoms with van der Waals surface area (Å²) < 4.78 is 17.9. The third-order valence-corrected chi connectivity index (χ3v) is 9.94. The third-order valence-electron chi connectivity index (χ3n) is 7.77. The molecule has 0 spiro atoms. The van der Waals surface area contributed by atoms with Crippen LogP contribution in [-0.4, -0.2) is 59.1 Å². The Bertz CT molecular complexity index is 1680. The van der Waals surface area contributed by atoms with Crippen molar-refractivity contribution in [2.45, 2.75) is 63.7 Å². The molecule has 2 N–H and O–H groups in total. The molecule has 2 amide bonds. The van der Waals surface area contributed by atoms with Gasteiger partial charge >= 0.3 is 5.97 Å². The summed E-state index contributed by atoms with van der Waals surface area (Å²) in [6.07, 6.45) is 5.60. The second-order valence-electron chi connectivity index (χ2n) is 10.9. The maximum Gasteiger partial charge on any atom is 0.341 e. The molecule has 0 saturated heterocycles. The Labute approximate surface area is 282 Å². The molecule has 1 aliphatic carbocycles. The number of amides is 2. The van der Waals surface area contributed by atoms with Gasteiger partial charge in [-0.2, -0.15) is 0 Å². The van der Waals surface area contributed by atoms with E-state index >= 15 is 0 Å². The lowest BCUT2D eigenvalue weighted by Gasteiger charge is -2.12. The first-order chi connectivity index (χ1) is 22.9. The van der Waals surface area contributed by atoms with Crippen LogP contribution in [0.1, 0.15) is 68.7 Å². The number of benzene rings is 2. The normalized spacial score (nSPS) is 12.5. The van der Waals surface area contributed by atoms with Crippen molar-refractivity contribution in [3.63, 3.8) is 0 Å². The number of ether oxygens (including phenoxy) is 3. The fourth-order valence-corrected chi connectivity index (χ4v) is 7.49. The van der Waals surface area contributed by atoms with Gasteiger partial charge in [-0.25, -0.2) is 4.79 Å². The number of methoxy groups -OCH3 is 2. The average molecular weight is 678 g/mol. The van der Waals surface area contributed by atoms with Crippen molar-refractivity contribution in [1.29, 1.82) is 0 Å². The molecule has 0 unspecified atom stereocenters. The van der Waals surface area contributed by atoms with Crippen LogP contribution in [0.15, 0.2) is 53.7 Å². The first-order valence-electron chi connectivity index (χ1n) is 15.6. The number of nitrogens with one attached hydrogen (secondary N) is 2. The molecule has 2 aromatic heterocycles. The minimum Gasteiger partial charge on any atom is -0.497 e. The van der Waals surface area contributed by atoms with Crippen molar-refractivity contribution < 1.29 is 28.6 Å². The van der Waals surface area contributed by atoms with Crippen LogP contribution in [0, 0.1) is 0 Å². The number of esters is 1. The van der Waals surface area contributed by atoms with Crippen molar-refractivity contribution in [3.8, 4) is 11.5 Å². The molecule has 0 saturated carbocycles. The third kappa shape index (κ3) is 8.72. The van der Waals surface area contributed by atoms with Gasteiger partial charge in [0.15, 0.2) is 11.0 Å². The van der Waals surface area contributed by atoms with Crippen molar-refractivity contribution in [2.24, 2.45) is 0 Å². The fraction of sp³-hybridized carbons (Fsp3) is 0.382. The van der Waals surface area contributed by atoms with Crippen molar-refractivity contribution in [3.05, 3.63) is 81.5 Å². The molecule has 0 radical (unpaired) electrons. The maximum absolute atomic E-state index is 13.3. The maximum atomic E-state index is 13.3. The molecule has 0 atom stereocenters. The van der Waals surface area contributed by atoms with Gasteiger partial charge in [0.2, 0.25) is 5.91 Å². The highest BCUT2D eigenvalue weighted by Gasteiger charge is 2.27. The van der Waals surface area contributed by atoms with Crippen LogP contribution in [0.4, 0.5) is 5.00 Å². The quantitative estimate of drug-likeness (QED) is 0.0979. The summed E-state index contributed by atoms with van der Waals surface area (Å²) >= 11 is 2.73. The van der Waals surface area contributed by atoms with Gasteiger partial charge in [-0.1, -0.05) is 48.5 Å². The standard InChI is InChI=1S/C34H39N5O6S2/c1-4-45-33(42)30-26-13-9-6-10-14-27(26)47-32(30)36-29(40)21-46-34-38-37-28(39(34)16-15-22-11-7-5-8-12-22)20-35-31(41)23-17-24(43-2)19-25(18-23)44-3/h5,7-8,11-12,17-19H,4,6,9-10,13-16,20-21H2,1-3H3,(H,35,41)(H,36,40). The molecule has 0 fully saturated rings. The average Bonchev–Trinajstić information content (AvgIpc) is 3.56. The van der Waals surface area contributed by atoms with E-state index in [9.17, 15) is 14.4 Å². The Balaban J connectivity index is 1.30. The number of carbonyl (C=O) groups excluding carboxylic acids is 3. The number of thioether (sulfide) groups is 1. The highest BCUT2D eigenvalue weighted by molar-refractivity contribution is 7.99. The zero-order chi connectivity index (χ0) is 33.2. The van der Waals surface area contributed by atoms with Gasteiger partial charge in [0.1, 0.15) is 16.5 Å². The van der Waals surface area contributed by atoms with Crippen LogP contribution < -0.4 is 20.1 Å². The summed E-state index contributed by atoms with van der Waals surface area (Å²) in [6.45, 7) is 2.71. The molecule has 47 heavy (non-hydrogen) atoms. The molecule has 11 nitrogen and oxygen atoms in total. The molecule has 248 valence electrons. The molecule has 5 rings (SSSR count). The van der Waals surface area contributed by atoms with Crippen molar-refractivity contribution >= 4 is 45.9 Å². The molecular formula is C34H39N5O6S2. The first kappa shape index (κ1) is 34.0. The Morgan fingerprint density at radius 3 is 2.45 bits per heavy atom. The van der Waals surface area contributed by atoms with Crippen molar-refractivity contribution in [2.75, 3.05) is 31.9 Å². The number of nitrogens with zero attached hydrogens (tertiary/aromatic N) is 3. The smallest absolute Gasteiger partial charge is 0.341 e. The van der Waals surface area contributed by atoms with E-state index in [-0.39, 0.29) is 30.7 Å². The van der Waals surface area contributed by atoms with Crippen LogP contribution >= 0.6 is 23.1 Å². The lowest BCUT2D eigenvalue weighted by atomic mass is 10.1. The van der Waals surface area contributed by atoms with Crippen molar-refractivity contribution in [1.82, 2.24) is 20.1 Å². The summed E-state index contributed by atoms with van der Waals surface area (Å²) in [7, 11) is 3.05. The predicted molar refractivity (Wildman–Crippen MR) is 182 cm³/mol. The second kappa shape index (κ2) is 16.5. The van der Waals surface area contributed by atoms with Gasteiger partial charge in [-0.3, -0.25) is 9.59 Å². The zero-order valence-corrected chi connectivity index (χ0v) is 28.4. The molecule has 0 aliphatic heterocycles. The van der Waals surface area contributed by atoms with Crippen LogP contribution in [0.5, 0.6) is 11.5 Å². The number of thiophene rings is 1. The Morgan fingerprint density at radius 1 is 0.979 bits per heavy atom. The van der Waals surface area contributed by atoms with E-state index in [0.717, 1.165) is 48.1 Å². The minimum atomic E-state index is -0.394. The molecule has 1 aliphatic rings. The van der Waals surface area contributed by atoms with E-state index in [0.29, 0.717) is 51.6 Å². The van der Waals surface area contributed by atoms with E-state index in [1.165, 1.54) is 37.3 Å². The molecular weight excluding hydrogens is 639 g/mol. The Kier molecular flexibility index (Phi) is 11.9. The summed E-state index contributed by atoms with van der Waals surface area (Å²) in [5.41, 5.74) is 3.02. The number of aryl methyl sites for hydroxylation is 2. The van der Waals surface area contributed by atoms with Crippen LogP contribution in [0.25, 0.3) is 0 Å². The molecule has 0 bridgehead atoms. The van der Waals surface area contributed by atoms with E-state index < -0.39 is 5.97 Å². The Hall–Kier alpha value is -4.36. The van der Waals surface area contributed by atoms with Gasteiger partial charge in [-0.15, -0.1) is 21.5 Å². The number of anilines is 1. The number of carbonyl (C=O) groups is 3. The fourth-order valence-electron chi connectivity index (χ4n) is 5.41. The lowest BCUT2D eigenvalue weighted by Crippen LogP contribution is -2.25. The summed E-state index contributed by atoms with van der Waals surface area (Å²) in [6, 6.07) is 15.0. The van der Waals surface area contributed by atoms with Gasteiger partial charge < -0.3 is 29.4 Å². The van der Waals surface area contributed by atoms with E-state index in [1.807, 2.05) is 34.9 Å². The van der Waals surface area contributed by atoms with Crippen LogP contribution in [0.3, 0.4) is 0 Å². The molecule has 2 heterocycles. The summed E-state index contributed by atoms with van der Waals surface area (Å²) in [5, 5.41) is 15.7. The highest BCUT2D eigenvalue weighted by atomic mass is 32.2. The highest BCUT2D eigenvalue weighted by Crippen LogP contribution is 2.38. The zero-order valence-electron chi connectivity index (χ0n) is 26.8. The topological polar surface area (TPSA) is 134 Å². The van der Waals surface area contributed by atoms with Crippen LogP contribution in [0.2, 0.25) is 0 Å². The lowest BCUT2D eigenvalue weighted by molar-refractivity contribution is -0.113. The second-order valence-corrected chi connectivity index (χ2v) is 12.9. The van der Waals surface area contributed by atoms with E-state index in [1.54, 1.807) is 25.1 Å². The SMILES string of the molecule is CCOC(=O)c1c(NC(=O)CSc2nnc(CNC(=O)c3cc(OC)cc(OC)c3)n2CCc2ccccc2)sc2c1CCCCC2. The first-order valence-corrected chi connectivity index (χ1v) is 17.4. The number of rotatable bonds is 14. The van der Waals surface area contributed by atoms with Gasteiger partial charge in [-0.05, 0) is 62.3 Å². The number of hydrogen-bond acceptors (Lipinski definition) is 10. The summed E-state index contributed by atoms with van der Waals surface area (Å²) in [5.74, 6) is 0.657. The van der Waals surface area contributed by atoms with Crippen LogP contribution in [-0.2, 0) is 41.9 Å².